The maximum atomic E-state index is 14.2. The van der Waals surface area contributed by atoms with Crippen molar-refractivity contribution in [3.63, 3.8) is 0 Å². The predicted octanol–water partition coefficient (Wildman–Crippen LogP) is 6.15. The standard InChI is InChI=1S/C43H51ClF3N7O6/c44-35-27-29(26-34(39(35)48)43(45,46)47)28-37(60-42(58)53-19-13-32(14-20-53)54-21-10-30-6-4-5-9-36(30)49-41(54)57)40(56)52-24-22-51(23-25-52)31-11-16-50(17-12-31)18-15-38(55)59-33-7-2-1-3-8-33/h1-9,26-27,31-32,37H,10-25,28,48H2,(H,49,57)/t37-/m1/s1. The molecule has 0 unspecified atom stereocenters. The van der Waals surface area contributed by atoms with Crippen LogP contribution in [0.4, 0.5) is 34.1 Å². The Labute approximate surface area is 352 Å². The first-order chi connectivity index (χ1) is 28.8. The van der Waals surface area contributed by atoms with Gasteiger partial charge in [0.05, 0.1) is 22.7 Å². The van der Waals surface area contributed by atoms with E-state index in [1.807, 2.05) is 42.5 Å². The van der Waals surface area contributed by atoms with Crippen molar-refractivity contribution in [2.45, 2.75) is 69.3 Å². The number of halogens is 4. The molecule has 3 aromatic rings. The Bertz CT molecular complexity index is 2000. The molecule has 3 N–H and O–H groups in total. The second-order valence-corrected chi connectivity index (χ2v) is 16.2. The van der Waals surface area contributed by atoms with Gasteiger partial charge in [-0.25, -0.2) is 9.59 Å². The number of amides is 4. The summed E-state index contributed by atoms with van der Waals surface area (Å²) in [7, 11) is 0. The number of anilines is 2. The summed E-state index contributed by atoms with van der Waals surface area (Å²) < 4.78 is 53.1. The van der Waals surface area contributed by atoms with Crippen molar-refractivity contribution in [3.8, 4) is 5.75 Å². The molecule has 4 heterocycles. The van der Waals surface area contributed by atoms with Crippen LogP contribution >= 0.6 is 11.6 Å². The number of piperidine rings is 2. The van der Waals surface area contributed by atoms with Crippen LogP contribution in [-0.4, -0.2) is 132 Å². The molecule has 4 aliphatic heterocycles. The fourth-order valence-electron chi connectivity index (χ4n) is 8.65. The molecule has 7 rings (SSSR count). The zero-order valence-electron chi connectivity index (χ0n) is 33.4. The number of carbonyl (C=O) groups excluding carboxylic acids is 4. The monoisotopic (exact) mass is 853 g/mol. The van der Waals surface area contributed by atoms with E-state index in [0.29, 0.717) is 70.3 Å². The highest BCUT2D eigenvalue weighted by atomic mass is 35.5. The Hall–Kier alpha value is -5.06. The van der Waals surface area contributed by atoms with Gasteiger partial charge in [0.1, 0.15) is 5.75 Å². The number of fused-ring (bicyclic) bond motifs is 1. The lowest BCUT2D eigenvalue weighted by Gasteiger charge is -2.43. The summed E-state index contributed by atoms with van der Waals surface area (Å²) in [6.07, 6.45) is -3.56. The number of benzene rings is 3. The molecular formula is C43H51ClF3N7O6. The number of nitrogens with one attached hydrogen (secondary N) is 1. The van der Waals surface area contributed by atoms with Crippen LogP contribution < -0.4 is 15.8 Å². The van der Waals surface area contributed by atoms with Crippen LogP contribution in [0.3, 0.4) is 0 Å². The average molecular weight is 854 g/mol. The smallest absolute Gasteiger partial charge is 0.418 e. The molecule has 3 aromatic carbocycles. The van der Waals surface area contributed by atoms with Crippen molar-refractivity contribution >= 4 is 47.0 Å². The lowest BCUT2D eigenvalue weighted by Crippen LogP contribution is -2.56. The van der Waals surface area contributed by atoms with E-state index in [1.54, 1.807) is 21.9 Å². The van der Waals surface area contributed by atoms with Crippen molar-refractivity contribution in [1.82, 2.24) is 24.5 Å². The summed E-state index contributed by atoms with van der Waals surface area (Å²) in [6, 6.07) is 18.7. The third-order valence-corrected chi connectivity index (χ3v) is 12.4. The van der Waals surface area contributed by atoms with Gasteiger partial charge in [-0.1, -0.05) is 48.0 Å². The number of urea groups is 1. The minimum Gasteiger partial charge on any atom is -0.436 e. The first-order valence-corrected chi connectivity index (χ1v) is 21.0. The van der Waals surface area contributed by atoms with E-state index in [-0.39, 0.29) is 54.6 Å². The molecule has 60 heavy (non-hydrogen) atoms. The van der Waals surface area contributed by atoms with E-state index in [4.69, 9.17) is 26.8 Å². The van der Waals surface area contributed by atoms with Gasteiger partial charge >= 0.3 is 24.3 Å². The normalized spacial score (nSPS) is 19.3. The number of nitrogens with zero attached hydrogens (tertiary/aromatic N) is 5. The molecular weight excluding hydrogens is 803 g/mol. The number of nitrogens with two attached hydrogens (primary N) is 1. The van der Waals surface area contributed by atoms with Crippen LogP contribution in [0.1, 0.15) is 48.8 Å². The minimum absolute atomic E-state index is 0.0540. The van der Waals surface area contributed by atoms with E-state index in [0.717, 1.165) is 43.2 Å². The van der Waals surface area contributed by atoms with Gasteiger partial charge in [-0.2, -0.15) is 13.2 Å². The highest BCUT2D eigenvalue weighted by molar-refractivity contribution is 6.33. The largest absolute Gasteiger partial charge is 0.436 e. The molecule has 3 saturated heterocycles. The first kappa shape index (κ1) is 43.0. The van der Waals surface area contributed by atoms with Gasteiger partial charge in [0.15, 0.2) is 6.10 Å². The lowest BCUT2D eigenvalue weighted by molar-refractivity contribution is -0.143. The second kappa shape index (κ2) is 19.1. The van der Waals surface area contributed by atoms with Crippen molar-refractivity contribution < 1.29 is 41.8 Å². The summed E-state index contributed by atoms with van der Waals surface area (Å²) in [5, 5.41) is 2.67. The van der Waals surface area contributed by atoms with Crippen LogP contribution in [0.25, 0.3) is 0 Å². The van der Waals surface area contributed by atoms with E-state index in [2.05, 4.69) is 15.1 Å². The van der Waals surface area contributed by atoms with Crippen LogP contribution in [0, 0.1) is 0 Å². The number of para-hydroxylation sites is 2. The predicted molar refractivity (Wildman–Crippen MR) is 220 cm³/mol. The number of carbonyl (C=O) groups is 4. The average Bonchev–Trinajstić information content (AvgIpc) is 3.41. The Morgan fingerprint density at radius 1 is 0.833 bits per heavy atom. The number of likely N-dealkylation sites (tertiary alicyclic amines) is 2. The fourth-order valence-corrected chi connectivity index (χ4v) is 8.90. The highest BCUT2D eigenvalue weighted by Gasteiger charge is 2.38. The van der Waals surface area contributed by atoms with Crippen molar-refractivity contribution in [3.05, 3.63) is 88.4 Å². The molecule has 4 aliphatic rings. The molecule has 1 atom stereocenters. The van der Waals surface area contributed by atoms with Crippen LogP contribution in [-0.2, 0) is 33.3 Å². The number of esters is 1. The van der Waals surface area contributed by atoms with Crippen molar-refractivity contribution in [2.24, 2.45) is 0 Å². The molecule has 0 radical (unpaired) electrons. The number of piperazine rings is 1. The molecule has 4 amide bonds. The Balaban J connectivity index is 0.942. The van der Waals surface area contributed by atoms with Gasteiger partial charge in [0.2, 0.25) is 0 Å². The number of hydrogen-bond acceptors (Lipinski definition) is 9. The van der Waals surface area contributed by atoms with Gasteiger partial charge < -0.3 is 40.1 Å². The maximum Gasteiger partial charge on any atom is 0.418 e. The number of nitrogen functional groups attached to an aromatic ring is 1. The lowest BCUT2D eigenvalue weighted by atomic mass is 10.0. The molecule has 0 spiro atoms. The Morgan fingerprint density at radius 2 is 1.50 bits per heavy atom. The zero-order valence-corrected chi connectivity index (χ0v) is 34.1. The minimum atomic E-state index is -4.79. The van der Waals surface area contributed by atoms with Gasteiger partial charge in [-0.05, 0) is 86.7 Å². The SMILES string of the molecule is Nc1c(Cl)cc(C[C@@H](OC(=O)N2CCC(N3CCc4ccccc4NC3=O)CC2)C(=O)N2CCN(C3CCN(CCC(=O)Oc4ccccc4)CC3)CC2)cc1C(F)(F)F. The molecule has 0 bridgehead atoms. The molecule has 322 valence electrons. The second-order valence-electron chi connectivity index (χ2n) is 15.8. The molecule has 0 aliphatic carbocycles. The molecule has 0 aromatic heterocycles. The van der Waals surface area contributed by atoms with E-state index in [9.17, 15) is 32.3 Å². The number of ether oxygens (including phenoxy) is 2. The quantitative estimate of drug-likeness (QED) is 0.140. The molecule has 3 fully saturated rings. The van der Waals surface area contributed by atoms with Gasteiger partial charge in [0, 0.05) is 76.5 Å². The Morgan fingerprint density at radius 3 is 2.20 bits per heavy atom. The van der Waals surface area contributed by atoms with Gasteiger partial charge in [-0.15, -0.1) is 0 Å². The maximum absolute atomic E-state index is 14.2. The van der Waals surface area contributed by atoms with E-state index >= 15 is 0 Å². The topological polar surface area (TPSA) is 141 Å². The zero-order chi connectivity index (χ0) is 42.4. The number of alkyl halides is 3. The van der Waals surface area contributed by atoms with Crippen LogP contribution in [0.2, 0.25) is 5.02 Å². The van der Waals surface area contributed by atoms with E-state index < -0.39 is 35.5 Å². The van der Waals surface area contributed by atoms with Gasteiger partial charge in [-0.3, -0.25) is 14.5 Å². The molecule has 17 heteroatoms. The third-order valence-electron chi connectivity index (χ3n) is 12.0. The number of hydrogen-bond donors (Lipinski definition) is 2. The first-order valence-electron chi connectivity index (χ1n) is 20.6. The van der Waals surface area contributed by atoms with Gasteiger partial charge in [0.25, 0.3) is 5.91 Å². The summed E-state index contributed by atoms with van der Waals surface area (Å²) in [5.41, 5.74) is 5.83. The summed E-state index contributed by atoms with van der Waals surface area (Å²) in [4.78, 5) is 62.9. The van der Waals surface area contributed by atoms with Crippen molar-refractivity contribution in [1.29, 1.82) is 0 Å². The number of rotatable bonds is 10. The Kier molecular flexibility index (Phi) is 13.7. The third kappa shape index (κ3) is 10.6. The summed E-state index contributed by atoms with van der Waals surface area (Å²) in [5.74, 6) is -0.252. The highest BCUT2D eigenvalue weighted by Crippen LogP contribution is 2.38. The summed E-state index contributed by atoms with van der Waals surface area (Å²) >= 11 is 6.15. The fraction of sp³-hybridized carbons (Fsp3) is 0.488. The molecule has 0 saturated carbocycles. The van der Waals surface area contributed by atoms with Crippen molar-refractivity contribution in [2.75, 3.05) is 76.5 Å². The van der Waals surface area contributed by atoms with Crippen LogP contribution in [0.5, 0.6) is 5.75 Å². The van der Waals surface area contributed by atoms with E-state index in [1.165, 1.54) is 11.0 Å². The molecule has 13 nitrogen and oxygen atoms in total. The van der Waals surface area contributed by atoms with Crippen LogP contribution in [0.15, 0.2) is 66.7 Å². The summed E-state index contributed by atoms with van der Waals surface area (Å²) in [6.45, 7) is 5.16.